The molecule has 0 aromatic heterocycles. The molecule has 5 nitrogen and oxygen atoms in total. The Morgan fingerprint density at radius 2 is 1.95 bits per heavy atom. The Morgan fingerprint density at radius 1 is 1.21 bits per heavy atom. The van der Waals surface area contributed by atoms with E-state index in [-0.39, 0.29) is 0 Å². The van der Waals surface area contributed by atoms with E-state index in [4.69, 9.17) is 10.00 Å². The molecular formula is C14H26N4O. The quantitative estimate of drug-likeness (QED) is 0.784. The Balaban J connectivity index is 1.77. The van der Waals surface area contributed by atoms with Crippen LogP contribution in [-0.4, -0.2) is 74.9 Å². The van der Waals surface area contributed by atoms with E-state index in [9.17, 15) is 0 Å². The first-order chi connectivity index (χ1) is 9.28. The van der Waals surface area contributed by atoms with Gasteiger partial charge >= 0.3 is 0 Å². The topological polar surface area (TPSA) is 51.5 Å². The van der Waals surface area contributed by atoms with Gasteiger partial charge in [-0.15, -0.1) is 0 Å². The summed E-state index contributed by atoms with van der Waals surface area (Å²) in [6, 6.07) is 2.62. The van der Waals surface area contributed by atoms with Crippen LogP contribution in [0.4, 0.5) is 0 Å². The smallest absolute Gasteiger partial charge is 0.0638 e. The molecule has 2 saturated heterocycles. The van der Waals surface area contributed by atoms with Crippen molar-refractivity contribution in [3.05, 3.63) is 0 Å². The number of rotatable bonds is 4. The second kappa shape index (κ2) is 7.81. The van der Waals surface area contributed by atoms with Crippen LogP contribution >= 0.6 is 0 Å². The predicted molar refractivity (Wildman–Crippen MR) is 74.9 cm³/mol. The van der Waals surface area contributed by atoms with Gasteiger partial charge in [0.15, 0.2) is 0 Å². The van der Waals surface area contributed by atoms with Crippen molar-refractivity contribution in [1.82, 2.24) is 15.1 Å². The molecule has 1 N–H and O–H groups in total. The van der Waals surface area contributed by atoms with Gasteiger partial charge in [-0.1, -0.05) is 6.92 Å². The predicted octanol–water partition coefficient (Wildman–Crippen LogP) is 0.142. The highest BCUT2D eigenvalue weighted by Gasteiger charge is 2.21. The summed E-state index contributed by atoms with van der Waals surface area (Å²) in [7, 11) is 0. The minimum Gasteiger partial charge on any atom is -0.379 e. The molecule has 0 spiro atoms. The van der Waals surface area contributed by atoms with E-state index in [2.05, 4.69) is 28.1 Å². The summed E-state index contributed by atoms with van der Waals surface area (Å²) in [6.07, 6.45) is 0.612. The lowest BCUT2D eigenvalue weighted by molar-refractivity contribution is 0.0328. The van der Waals surface area contributed by atoms with E-state index in [0.717, 1.165) is 59.0 Å². The molecular weight excluding hydrogens is 240 g/mol. The average Bonchev–Trinajstić information content (AvgIpc) is 2.60. The molecule has 2 aliphatic heterocycles. The van der Waals surface area contributed by atoms with Gasteiger partial charge < -0.3 is 15.0 Å². The van der Waals surface area contributed by atoms with E-state index < -0.39 is 0 Å². The summed E-state index contributed by atoms with van der Waals surface area (Å²) in [5, 5.41) is 12.4. The molecule has 0 aromatic rings. The average molecular weight is 266 g/mol. The van der Waals surface area contributed by atoms with Gasteiger partial charge in [-0.25, -0.2) is 0 Å². The second-order valence-corrected chi connectivity index (χ2v) is 5.79. The second-order valence-electron chi connectivity index (χ2n) is 5.79. The zero-order valence-electron chi connectivity index (χ0n) is 12.0. The standard InChI is InChI=1S/C14H26N4O/c1-13-10-16-14(2-3-15)12-18(11-13)5-4-17-6-8-19-9-7-17/h13-14,16H,2,4-12H2,1H3. The molecule has 0 aromatic carbocycles. The van der Waals surface area contributed by atoms with Crippen LogP contribution in [0.2, 0.25) is 0 Å². The van der Waals surface area contributed by atoms with Gasteiger partial charge in [0.25, 0.3) is 0 Å². The lowest BCUT2D eigenvalue weighted by Gasteiger charge is -2.30. The molecule has 108 valence electrons. The van der Waals surface area contributed by atoms with Crippen LogP contribution in [0, 0.1) is 17.2 Å². The fourth-order valence-electron chi connectivity index (χ4n) is 2.86. The summed E-state index contributed by atoms with van der Waals surface area (Å²) in [6.45, 7) is 11.5. The van der Waals surface area contributed by atoms with Gasteiger partial charge in [0.05, 0.1) is 25.7 Å². The van der Waals surface area contributed by atoms with Crippen LogP contribution < -0.4 is 5.32 Å². The van der Waals surface area contributed by atoms with Gasteiger partial charge in [-0.3, -0.25) is 4.90 Å². The molecule has 2 unspecified atom stereocenters. The highest BCUT2D eigenvalue weighted by atomic mass is 16.5. The van der Waals surface area contributed by atoms with Crippen LogP contribution in [0.1, 0.15) is 13.3 Å². The molecule has 0 radical (unpaired) electrons. The molecule has 0 saturated carbocycles. The zero-order valence-corrected chi connectivity index (χ0v) is 12.0. The largest absolute Gasteiger partial charge is 0.379 e. The Bertz CT molecular complexity index is 298. The highest BCUT2D eigenvalue weighted by Crippen LogP contribution is 2.08. The lowest BCUT2D eigenvalue weighted by atomic mass is 10.2. The number of hydrogen-bond donors (Lipinski definition) is 1. The lowest BCUT2D eigenvalue weighted by Crippen LogP contribution is -2.44. The maximum Gasteiger partial charge on any atom is 0.0638 e. The minimum atomic E-state index is 0.333. The highest BCUT2D eigenvalue weighted by molar-refractivity contribution is 4.86. The number of hydrogen-bond acceptors (Lipinski definition) is 5. The van der Waals surface area contributed by atoms with Gasteiger partial charge in [0.1, 0.15) is 0 Å². The molecule has 0 amide bonds. The molecule has 2 aliphatic rings. The molecule has 2 atom stereocenters. The van der Waals surface area contributed by atoms with E-state index >= 15 is 0 Å². The molecule has 2 heterocycles. The fourth-order valence-corrected chi connectivity index (χ4v) is 2.86. The number of nitrogens with one attached hydrogen (secondary N) is 1. The summed E-state index contributed by atoms with van der Waals surface area (Å²) in [5.41, 5.74) is 0. The third kappa shape index (κ3) is 5.07. The zero-order chi connectivity index (χ0) is 13.5. The number of ether oxygens (including phenoxy) is 1. The molecule has 2 fully saturated rings. The number of nitrogens with zero attached hydrogens (tertiary/aromatic N) is 3. The Kier molecular flexibility index (Phi) is 6.05. The molecule has 2 rings (SSSR count). The number of nitriles is 1. The normalized spacial score (nSPS) is 30.7. The van der Waals surface area contributed by atoms with Crippen molar-refractivity contribution in [2.45, 2.75) is 19.4 Å². The van der Waals surface area contributed by atoms with Crippen molar-refractivity contribution in [3.8, 4) is 6.07 Å². The maximum absolute atomic E-state index is 8.87. The summed E-state index contributed by atoms with van der Waals surface area (Å²) in [4.78, 5) is 4.99. The first kappa shape index (κ1) is 14.7. The van der Waals surface area contributed by atoms with Crippen molar-refractivity contribution >= 4 is 0 Å². The Hall–Kier alpha value is -0.670. The van der Waals surface area contributed by atoms with Crippen molar-refractivity contribution in [2.75, 3.05) is 59.0 Å². The Morgan fingerprint density at radius 3 is 2.68 bits per heavy atom. The first-order valence-electron chi connectivity index (χ1n) is 7.40. The van der Waals surface area contributed by atoms with Gasteiger partial charge in [-0.05, 0) is 12.5 Å². The van der Waals surface area contributed by atoms with Crippen molar-refractivity contribution in [2.24, 2.45) is 5.92 Å². The monoisotopic (exact) mass is 266 g/mol. The summed E-state index contributed by atoms with van der Waals surface area (Å²) < 4.78 is 5.38. The first-order valence-corrected chi connectivity index (χ1v) is 7.40. The minimum absolute atomic E-state index is 0.333. The van der Waals surface area contributed by atoms with E-state index in [1.807, 2.05) is 0 Å². The van der Waals surface area contributed by atoms with Crippen molar-refractivity contribution in [1.29, 1.82) is 5.26 Å². The van der Waals surface area contributed by atoms with Crippen LogP contribution in [-0.2, 0) is 4.74 Å². The molecule has 0 aliphatic carbocycles. The van der Waals surface area contributed by atoms with Crippen LogP contribution in [0.25, 0.3) is 0 Å². The molecule has 19 heavy (non-hydrogen) atoms. The molecule has 5 heteroatoms. The van der Waals surface area contributed by atoms with Crippen LogP contribution in [0.15, 0.2) is 0 Å². The van der Waals surface area contributed by atoms with Crippen molar-refractivity contribution in [3.63, 3.8) is 0 Å². The third-order valence-electron chi connectivity index (χ3n) is 3.98. The van der Waals surface area contributed by atoms with Gasteiger partial charge in [0.2, 0.25) is 0 Å². The summed E-state index contributed by atoms with van der Waals surface area (Å²) in [5.74, 6) is 0.661. The molecule has 0 bridgehead atoms. The third-order valence-corrected chi connectivity index (χ3v) is 3.98. The van der Waals surface area contributed by atoms with Gasteiger partial charge in [0, 0.05) is 45.3 Å². The van der Waals surface area contributed by atoms with Gasteiger partial charge in [-0.2, -0.15) is 5.26 Å². The Labute approximate surface area is 116 Å². The van der Waals surface area contributed by atoms with E-state index in [0.29, 0.717) is 18.4 Å². The SMILES string of the molecule is CC1CNC(CC#N)CN(CCN2CCOCC2)C1. The van der Waals surface area contributed by atoms with Crippen molar-refractivity contribution < 1.29 is 4.74 Å². The van der Waals surface area contributed by atoms with Crippen LogP contribution in [0.5, 0.6) is 0 Å². The maximum atomic E-state index is 8.87. The summed E-state index contributed by atoms with van der Waals surface area (Å²) >= 11 is 0. The fraction of sp³-hybridized carbons (Fsp3) is 0.929. The van der Waals surface area contributed by atoms with E-state index in [1.165, 1.54) is 0 Å². The van der Waals surface area contributed by atoms with E-state index in [1.54, 1.807) is 0 Å². The number of morpholine rings is 1. The van der Waals surface area contributed by atoms with Crippen LogP contribution in [0.3, 0.4) is 0 Å².